The highest BCUT2D eigenvalue weighted by Crippen LogP contribution is 2.19. The standard InChI is InChI=1S/C16H19N3O4/c20-12-1-2-14-11(9-12)10-13(16(22)23-14)15(21)18-5-8-19-6-3-17-4-7-19/h1-2,9-10,17,20H,3-8H2,(H,18,21). The molecular weight excluding hydrogens is 298 g/mol. The molecule has 2 aromatic rings. The fraction of sp³-hybridized carbons (Fsp3) is 0.375. The Hall–Kier alpha value is -2.38. The second-order valence-electron chi connectivity index (χ2n) is 5.52. The Labute approximate surface area is 132 Å². The highest BCUT2D eigenvalue weighted by atomic mass is 16.4. The quantitative estimate of drug-likeness (QED) is 0.694. The second kappa shape index (κ2) is 6.80. The number of carbonyl (C=O) groups excluding carboxylic acids is 1. The van der Waals surface area contributed by atoms with E-state index in [-0.39, 0.29) is 11.3 Å². The minimum absolute atomic E-state index is 0.0522. The predicted molar refractivity (Wildman–Crippen MR) is 85.8 cm³/mol. The van der Waals surface area contributed by atoms with Crippen molar-refractivity contribution in [2.45, 2.75) is 0 Å². The molecule has 1 aromatic carbocycles. The molecule has 7 heteroatoms. The molecule has 1 aromatic heterocycles. The van der Waals surface area contributed by atoms with Gasteiger partial charge in [-0.05, 0) is 24.3 Å². The highest BCUT2D eigenvalue weighted by Gasteiger charge is 2.15. The highest BCUT2D eigenvalue weighted by molar-refractivity contribution is 5.96. The van der Waals surface area contributed by atoms with Crippen LogP contribution in [0.4, 0.5) is 0 Å². The Balaban J connectivity index is 1.67. The van der Waals surface area contributed by atoms with Crippen LogP contribution in [0.3, 0.4) is 0 Å². The summed E-state index contributed by atoms with van der Waals surface area (Å²) in [5.41, 5.74) is -0.392. The number of hydrogen-bond acceptors (Lipinski definition) is 6. The SMILES string of the molecule is O=C(NCCN1CCNCC1)c1cc2cc(O)ccc2oc1=O. The number of phenolic OH excluding ortho intramolecular Hbond substituents is 1. The molecule has 1 saturated heterocycles. The number of hydrogen-bond donors (Lipinski definition) is 3. The molecular formula is C16H19N3O4. The number of amides is 1. The molecule has 2 heterocycles. The molecule has 1 fully saturated rings. The Morgan fingerprint density at radius 2 is 2.09 bits per heavy atom. The van der Waals surface area contributed by atoms with E-state index in [1.54, 1.807) is 0 Å². The minimum atomic E-state index is -0.678. The molecule has 0 radical (unpaired) electrons. The lowest BCUT2D eigenvalue weighted by molar-refractivity contribution is 0.0943. The van der Waals surface area contributed by atoms with E-state index in [1.165, 1.54) is 24.3 Å². The summed E-state index contributed by atoms with van der Waals surface area (Å²) in [7, 11) is 0. The number of nitrogens with zero attached hydrogens (tertiary/aromatic N) is 1. The van der Waals surface area contributed by atoms with Crippen molar-refractivity contribution in [3.8, 4) is 5.75 Å². The Morgan fingerprint density at radius 1 is 1.30 bits per heavy atom. The molecule has 0 saturated carbocycles. The number of nitrogens with one attached hydrogen (secondary N) is 2. The van der Waals surface area contributed by atoms with Crippen LogP contribution in [0.5, 0.6) is 5.75 Å². The van der Waals surface area contributed by atoms with Gasteiger partial charge in [-0.1, -0.05) is 0 Å². The van der Waals surface area contributed by atoms with Crippen molar-refractivity contribution in [3.05, 3.63) is 40.2 Å². The van der Waals surface area contributed by atoms with Crippen molar-refractivity contribution in [2.75, 3.05) is 39.3 Å². The van der Waals surface area contributed by atoms with Crippen LogP contribution in [-0.4, -0.2) is 55.2 Å². The first-order chi connectivity index (χ1) is 11.1. The predicted octanol–water partition coefficient (Wildman–Crippen LogP) is 0.134. The zero-order chi connectivity index (χ0) is 16.2. The third kappa shape index (κ3) is 3.69. The van der Waals surface area contributed by atoms with Gasteiger partial charge in [0.05, 0.1) is 0 Å². The molecule has 0 atom stereocenters. The summed E-state index contributed by atoms with van der Waals surface area (Å²) in [5, 5.41) is 16.0. The number of fused-ring (bicyclic) bond motifs is 1. The van der Waals surface area contributed by atoms with Gasteiger partial charge in [-0.25, -0.2) is 4.79 Å². The lowest BCUT2D eigenvalue weighted by atomic mass is 10.1. The monoisotopic (exact) mass is 317 g/mol. The minimum Gasteiger partial charge on any atom is -0.508 e. The van der Waals surface area contributed by atoms with Crippen molar-refractivity contribution < 1.29 is 14.3 Å². The van der Waals surface area contributed by atoms with E-state index in [1.807, 2.05) is 0 Å². The number of benzene rings is 1. The first-order valence-electron chi connectivity index (χ1n) is 7.61. The molecule has 1 aliphatic rings. The van der Waals surface area contributed by atoms with Crippen molar-refractivity contribution in [1.29, 1.82) is 0 Å². The topological polar surface area (TPSA) is 94.8 Å². The Morgan fingerprint density at radius 3 is 2.87 bits per heavy atom. The van der Waals surface area contributed by atoms with E-state index < -0.39 is 11.5 Å². The number of phenols is 1. The molecule has 0 bridgehead atoms. The molecule has 1 aliphatic heterocycles. The van der Waals surface area contributed by atoms with E-state index in [2.05, 4.69) is 15.5 Å². The third-order valence-corrected chi connectivity index (χ3v) is 3.88. The number of aromatic hydroxyl groups is 1. The summed E-state index contributed by atoms with van der Waals surface area (Å²) in [6.07, 6.45) is 0. The fourth-order valence-corrected chi connectivity index (χ4v) is 2.63. The summed E-state index contributed by atoms with van der Waals surface area (Å²) in [6, 6.07) is 5.83. The van der Waals surface area contributed by atoms with Gasteiger partial charge in [-0.15, -0.1) is 0 Å². The molecule has 0 aliphatic carbocycles. The lowest BCUT2D eigenvalue weighted by Gasteiger charge is -2.27. The smallest absolute Gasteiger partial charge is 0.349 e. The van der Waals surface area contributed by atoms with Gasteiger partial charge in [0, 0.05) is 44.7 Å². The van der Waals surface area contributed by atoms with Gasteiger partial charge in [-0.3, -0.25) is 9.69 Å². The number of rotatable bonds is 4. The van der Waals surface area contributed by atoms with Gasteiger partial charge in [0.15, 0.2) is 0 Å². The van der Waals surface area contributed by atoms with Crippen LogP contribution in [0.2, 0.25) is 0 Å². The maximum atomic E-state index is 12.2. The molecule has 0 spiro atoms. The molecule has 3 N–H and O–H groups in total. The van der Waals surface area contributed by atoms with Gasteiger partial charge in [-0.2, -0.15) is 0 Å². The summed E-state index contributed by atoms with van der Waals surface area (Å²) < 4.78 is 5.12. The largest absolute Gasteiger partial charge is 0.508 e. The average molecular weight is 317 g/mol. The van der Waals surface area contributed by atoms with Crippen molar-refractivity contribution in [1.82, 2.24) is 15.5 Å². The van der Waals surface area contributed by atoms with Gasteiger partial charge in [0.25, 0.3) is 5.91 Å². The van der Waals surface area contributed by atoms with E-state index in [0.29, 0.717) is 17.5 Å². The van der Waals surface area contributed by atoms with Crippen LogP contribution in [0.25, 0.3) is 11.0 Å². The Kier molecular flexibility index (Phi) is 4.59. The summed E-state index contributed by atoms with van der Waals surface area (Å²) in [6.45, 7) is 5.02. The normalized spacial score (nSPS) is 15.7. The molecule has 122 valence electrons. The van der Waals surface area contributed by atoms with Crippen molar-refractivity contribution >= 4 is 16.9 Å². The van der Waals surface area contributed by atoms with Crippen LogP contribution in [0, 0.1) is 0 Å². The summed E-state index contributed by atoms with van der Waals surface area (Å²) in [5.74, 6) is -0.407. The van der Waals surface area contributed by atoms with E-state index >= 15 is 0 Å². The van der Waals surface area contributed by atoms with Crippen LogP contribution < -0.4 is 16.3 Å². The zero-order valence-corrected chi connectivity index (χ0v) is 12.7. The van der Waals surface area contributed by atoms with E-state index in [9.17, 15) is 14.7 Å². The van der Waals surface area contributed by atoms with E-state index in [0.717, 1.165) is 32.7 Å². The summed E-state index contributed by atoms with van der Waals surface area (Å²) in [4.78, 5) is 26.3. The maximum absolute atomic E-state index is 12.2. The molecule has 1 amide bonds. The van der Waals surface area contributed by atoms with Gasteiger partial charge >= 0.3 is 5.63 Å². The molecule has 23 heavy (non-hydrogen) atoms. The number of carbonyl (C=O) groups is 1. The van der Waals surface area contributed by atoms with Crippen molar-refractivity contribution in [3.63, 3.8) is 0 Å². The van der Waals surface area contributed by atoms with E-state index in [4.69, 9.17) is 4.42 Å². The van der Waals surface area contributed by atoms with Gasteiger partial charge in [0.2, 0.25) is 0 Å². The van der Waals surface area contributed by atoms with Gasteiger partial charge in [0.1, 0.15) is 16.9 Å². The lowest BCUT2D eigenvalue weighted by Crippen LogP contribution is -2.46. The summed E-state index contributed by atoms with van der Waals surface area (Å²) >= 11 is 0. The molecule has 7 nitrogen and oxygen atoms in total. The first kappa shape index (κ1) is 15.5. The first-order valence-corrected chi connectivity index (χ1v) is 7.61. The Bertz CT molecular complexity index is 765. The number of piperazine rings is 1. The second-order valence-corrected chi connectivity index (χ2v) is 5.52. The molecule has 3 rings (SSSR count). The van der Waals surface area contributed by atoms with Crippen LogP contribution >= 0.6 is 0 Å². The van der Waals surface area contributed by atoms with Crippen LogP contribution in [0.15, 0.2) is 33.5 Å². The van der Waals surface area contributed by atoms with Crippen molar-refractivity contribution in [2.24, 2.45) is 0 Å². The maximum Gasteiger partial charge on any atom is 0.349 e. The van der Waals surface area contributed by atoms with Gasteiger partial charge < -0.3 is 20.2 Å². The molecule has 0 unspecified atom stereocenters. The van der Waals surface area contributed by atoms with Crippen LogP contribution in [0.1, 0.15) is 10.4 Å². The fourth-order valence-electron chi connectivity index (χ4n) is 2.63. The van der Waals surface area contributed by atoms with Crippen LogP contribution in [-0.2, 0) is 0 Å². The zero-order valence-electron chi connectivity index (χ0n) is 12.7. The third-order valence-electron chi connectivity index (χ3n) is 3.88. The average Bonchev–Trinajstić information content (AvgIpc) is 2.55.